The van der Waals surface area contributed by atoms with Crippen molar-refractivity contribution in [2.24, 2.45) is 0 Å². The Kier molecular flexibility index (Phi) is 8.36. The van der Waals surface area contributed by atoms with Crippen LogP contribution in [0.5, 0.6) is 0 Å². The molecule has 0 atom stereocenters. The molecule has 1 amide bonds. The van der Waals surface area contributed by atoms with Gasteiger partial charge in [-0.15, -0.1) is 11.3 Å². The average Bonchev–Trinajstić information content (AvgIpc) is 3.62. The van der Waals surface area contributed by atoms with E-state index in [0.29, 0.717) is 18.0 Å². The molecule has 9 heteroatoms. The molecule has 0 N–H and O–H groups in total. The molecule has 3 aliphatic rings. The lowest BCUT2D eigenvalue weighted by molar-refractivity contribution is -0.137. The van der Waals surface area contributed by atoms with Crippen molar-refractivity contribution in [3.63, 3.8) is 0 Å². The van der Waals surface area contributed by atoms with Crippen molar-refractivity contribution < 1.29 is 17.9 Å². The number of hydrogen-bond donors (Lipinski definition) is 0. The quantitative estimate of drug-likeness (QED) is 0.421. The van der Waals surface area contributed by atoms with E-state index in [1.165, 1.54) is 47.7 Å². The largest absolute Gasteiger partial charge is 0.370 e. The average molecular weight is 546 g/mol. The number of ether oxygens (including phenoxy) is 1. The molecule has 7 nitrogen and oxygen atoms in total. The summed E-state index contributed by atoms with van der Waals surface area (Å²) in [5.41, 5.74) is 2.80. The number of hydrogen-bond acceptors (Lipinski definition) is 6. The van der Waals surface area contributed by atoms with Gasteiger partial charge in [-0.25, -0.2) is 8.42 Å². The van der Waals surface area contributed by atoms with E-state index in [4.69, 9.17) is 4.74 Å². The lowest BCUT2D eigenvalue weighted by Gasteiger charge is -2.27. The Bertz CT molecular complexity index is 1200. The van der Waals surface area contributed by atoms with Crippen molar-refractivity contribution in [2.45, 2.75) is 76.4 Å². The Morgan fingerprint density at radius 1 is 1.11 bits per heavy atom. The second kappa shape index (κ2) is 11.5. The summed E-state index contributed by atoms with van der Waals surface area (Å²) >= 11 is 1.91. The fourth-order valence-electron chi connectivity index (χ4n) is 5.61. The van der Waals surface area contributed by atoms with Gasteiger partial charge in [0.1, 0.15) is 6.61 Å². The minimum Gasteiger partial charge on any atom is -0.370 e. The number of carbonyl (C=O) groups excluding carboxylic acids is 1. The molecule has 202 valence electrons. The summed E-state index contributed by atoms with van der Waals surface area (Å²) in [6, 6.07) is 7.89. The number of likely N-dealkylation sites (tertiary alicyclic amines) is 1. The first-order valence-electron chi connectivity index (χ1n) is 13.6. The molecular weight excluding hydrogens is 506 g/mol. The van der Waals surface area contributed by atoms with Crippen molar-refractivity contribution in [1.82, 2.24) is 14.1 Å². The second-order valence-corrected chi connectivity index (χ2v) is 13.7. The van der Waals surface area contributed by atoms with Gasteiger partial charge in [-0.1, -0.05) is 24.6 Å². The Morgan fingerprint density at radius 3 is 2.54 bits per heavy atom. The number of nitrogens with zero attached hydrogens (tertiary/aromatic N) is 3. The first-order valence-corrected chi connectivity index (χ1v) is 15.8. The molecule has 3 heterocycles. The van der Waals surface area contributed by atoms with Crippen LogP contribution in [0.25, 0.3) is 0 Å². The van der Waals surface area contributed by atoms with Gasteiger partial charge in [-0.3, -0.25) is 9.69 Å². The number of carbonyl (C=O) groups is 1. The number of sulfonamides is 1. The maximum atomic E-state index is 13.5. The summed E-state index contributed by atoms with van der Waals surface area (Å²) in [7, 11) is -3.61. The molecule has 0 spiro atoms. The molecule has 0 bridgehead atoms. The molecule has 37 heavy (non-hydrogen) atoms. The van der Waals surface area contributed by atoms with Crippen LogP contribution in [-0.2, 0) is 39.1 Å². The number of benzene rings is 1. The molecule has 1 saturated carbocycles. The van der Waals surface area contributed by atoms with Crippen LogP contribution >= 0.6 is 11.3 Å². The van der Waals surface area contributed by atoms with Crippen LogP contribution in [-0.4, -0.2) is 73.9 Å². The smallest absolute Gasteiger partial charge is 0.248 e. The second-order valence-electron chi connectivity index (χ2n) is 10.7. The number of thiophene rings is 1. The lowest BCUT2D eigenvalue weighted by Crippen LogP contribution is -2.39. The minimum atomic E-state index is -3.61. The van der Waals surface area contributed by atoms with E-state index in [1.54, 1.807) is 4.31 Å². The zero-order chi connectivity index (χ0) is 26.0. The third kappa shape index (κ3) is 6.28. The third-order valence-electron chi connectivity index (χ3n) is 7.71. The summed E-state index contributed by atoms with van der Waals surface area (Å²) in [4.78, 5) is 20.5. The van der Waals surface area contributed by atoms with Crippen LogP contribution in [0, 0.1) is 13.8 Å². The standard InChI is InChI=1S/C28H39N3O4S2/c1-21-7-6-8-22(2)28(21)37(33,34)31(24-9-10-24)15-16-35-20-27(32)30-14-11-26-23(18-30)17-25(36-26)19-29-12-4-3-5-13-29/h6-8,17,24H,3-5,9-16,18-20H2,1-2H3. The van der Waals surface area contributed by atoms with Crippen LogP contribution in [0.1, 0.15) is 58.5 Å². The van der Waals surface area contributed by atoms with Crippen LogP contribution in [0.3, 0.4) is 0 Å². The van der Waals surface area contributed by atoms with Gasteiger partial charge in [0.15, 0.2) is 0 Å². The highest BCUT2D eigenvalue weighted by Crippen LogP contribution is 2.34. The Morgan fingerprint density at radius 2 is 1.84 bits per heavy atom. The number of aryl methyl sites for hydroxylation is 2. The predicted molar refractivity (Wildman–Crippen MR) is 146 cm³/mol. The van der Waals surface area contributed by atoms with E-state index in [9.17, 15) is 13.2 Å². The zero-order valence-electron chi connectivity index (χ0n) is 22.1. The third-order valence-corrected chi connectivity index (χ3v) is 11.2. The Labute approximate surface area is 225 Å². The highest BCUT2D eigenvalue weighted by atomic mass is 32.2. The van der Waals surface area contributed by atoms with Crippen molar-refractivity contribution >= 4 is 27.3 Å². The molecule has 1 aliphatic carbocycles. The van der Waals surface area contributed by atoms with Crippen molar-refractivity contribution in [3.05, 3.63) is 50.7 Å². The predicted octanol–water partition coefficient (Wildman–Crippen LogP) is 4.11. The summed E-state index contributed by atoms with van der Waals surface area (Å²) in [5, 5.41) is 0. The number of fused-ring (bicyclic) bond motifs is 1. The SMILES string of the molecule is Cc1cccc(C)c1S(=O)(=O)N(CCOCC(=O)N1CCc2sc(CN3CCCCC3)cc2C1)C1CC1. The zero-order valence-corrected chi connectivity index (χ0v) is 23.7. The molecule has 0 radical (unpaired) electrons. The molecule has 1 saturated heterocycles. The van der Waals surface area contributed by atoms with Gasteiger partial charge in [0.05, 0.1) is 11.5 Å². The molecule has 5 rings (SSSR count). The molecule has 2 aliphatic heterocycles. The van der Waals surface area contributed by atoms with Crippen molar-refractivity contribution in [2.75, 3.05) is 39.4 Å². The normalized spacial score (nSPS) is 18.8. The summed E-state index contributed by atoms with van der Waals surface area (Å²) in [6.07, 6.45) is 6.58. The van der Waals surface area contributed by atoms with Crippen LogP contribution in [0.2, 0.25) is 0 Å². The number of rotatable bonds is 10. The van der Waals surface area contributed by atoms with E-state index in [1.807, 2.05) is 48.3 Å². The Hall–Kier alpha value is -1.78. The number of piperidine rings is 1. The van der Waals surface area contributed by atoms with E-state index in [0.717, 1.165) is 36.9 Å². The topological polar surface area (TPSA) is 70.2 Å². The lowest BCUT2D eigenvalue weighted by atomic mass is 10.1. The fraction of sp³-hybridized carbons (Fsp3) is 0.607. The molecule has 2 fully saturated rings. The molecule has 1 aromatic carbocycles. The first-order chi connectivity index (χ1) is 17.8. The van der Waals surface area contributed by atoms with Gasteiger partial charge in [0, 0.05) is 42.0 Å². The Balaban J connectivity index is 1.12. The highest BCUT2D eigenvalue weighted by molar-refractivity contribution is 7.89. The molecule has 2 aromatic rings. The van der Waals surface area contributed by atoms with Gasteiger partial charge in [0.2, 0.25) is 15.9 Å². The van der Waals surface area contributed by atoms with Crippen molar-refractivity contribution in [3.8, 4) is 0 Å². The minimum absolute atomic E-state index is 0.0119. The molecule has 0 unspecified atom stereocenters. The van der Waals surface area contributed by atoms with E-state index in [2.05, 4.69) is 11.0 Å². The maximum Gasteiger partial charge on any atom is 0.248 e. The van der Waals surface area contributed by atoms with E-state index < -0.39 is 10.0 Å². The van der Waals surface area contributed by atoms with Crippen molar-refractivity contribution in [1.29, 1.82) is 0 Å². The van der Waals surface area contributed by atoms with Crippen LogP contribution in [0.4, 0.5) is 0 Å². The summed E-state index contributed by atoms with van der Waals surface area (Å²) in [6.45, 7) is 8.91. The summed E-state index contributed by atoms with van der Waals surface area (Å²) < 4.78 is 34.3. The fourth-order valence-corrected chi connectivity index (χ4v) is 8.93. The van der Waals surface area contributed by atoms with E-state index in [-0.39, 0.29) is 31.7 Å². The summed E-state index contributed by atoms with van der Waals surface area (Å²) in [5.74, 6) is -0.0231. The van der Waals surface area contributed by atoms with E-state index >= 15 is 0 Å². The van der Waals surface area contributed by atoms with Crippen LogP contribution < -0.4 is 0 Å². The number of amides is 1. The van der Waals surface area contributed by atoms with Crippen LogP contribution in [0.15, 0.2) is 29.2 Å². The van der Waals surface area contributed by atoms with Gasteiger partial charge in [0.25, 0.3) is 0 Å². The molecular formula is C28H39N3O4S2. The van der Waals surface area contributed by atoms with Gasteiger partial charge in [-0.05, 0) is 81.8 Å². The van der Waals surface area contributed by atoms with Gasteiger partial charge < -0.3 is 9.64 Å². The first kappa shape index (κ1) is 26.8. The van der Waals surface area contributed by atoms with Gasteiger partial charge >= 0.3 is 0 Å². The maximum absolute atomic E-state index is 13.5. The monoisotopic (exact) mass is 545 g/mol. The highest BCUT2D eigenvalue weighted by Gasteiger charge is 2.39. The molecule has 1 aromatic heterocycles. The van der Waals surface area contributed by atoms with Gasteiger partial charge in [-0.2, -0.15) is 4.31 Å².